The van der Waals surface area contributed by atoms with Gasteiger partial charge in [-0.3, -0.25) is 9.59 Å². The minimum Gasteiger partial charge on any atom is -0.462 e. The Balaban J connectivity index is 1.55. The number of amides is 1. The summed E-state index contributed by atoms with van der Waals surface area (Å²) >= 11 is 0. The number of rotatable bonds is 8. The van der Waals surface area contributed by atoms with E-state index in [1.165, 1.54) is 0 Å². The highest BCUT2D eigenvalue weighted by atomic mass is 16.7. The normalized spacial score (nSPS) is 12.9. The Kier molecular flexibility index (Phi) is 6.59. The first kappa shape index (κ1) is 21.7. The molecule has 0 radical (unpaired) electrons. The maximum atomic E-state index is 13.1. The van der Waals surface area contributed by atoms with E-state index in [4.69, 9.17) is 9.47 Å². The Morgan fingerprint density at radius 1 is 1.09 bits per heavy atom. The van der Waals surface area contributed by atoms with Crippen LogP contribution in [-0.2, 0) is 27.4 Å². The van der Waals surface area contributed by atoms with Crippen LogP contribution < -0.4 is 5.56 Å². The van der Waals surface area contributed by atoms with Crippen molar-refractivity contribution >= 4 is 16.8 Å². The average Bonchev–Trinajstić information content (AvgIpc) is 3.31. The molecule has 0 unspecified atom stereocenters. The smallest absolute Gasteiger partial charge is 0.253 e. The fourth-order valence-corrected chi connectivity index (χ4v) is 3.90. The van der Waals surface area contributed by atoms with E-state index in [9.17, 15) is 9.59 Å². The van der Waals surface area contributed by atoms with Crippen molar-refractivity contribution in [2.75, 3.05) is 6.79 Å². The summed E-state index contributed by atoms with van der Waals surface area (Å²) in [6.45, 7) is 4.99. The Morgan fingerprint density at radius 3 is 2.66 bits per heavy atom. The molecular formula is C26H28N2O4. The number of pyridine rings is 1. The van der Waals surface area contributed by atoms with Crippen LogP contribution in [0.1, 0.15) is 41.5 Å². The third-order valence-corrected chi connectivity index (χ3v) is 5.90. The van der Waals surface area contributed by atoms with Gasteiger partial charge in [-0.25, -0.2) is 0 Å². The number of H-pyrrole nitrogens is 1. The number of carbonyl (C=O) groups excluding carboxylic acids is 1. The van der Waals surface area contributed by atoms with Crippen molar-refractivity contribution < 1.29 is 14.3 Å². The van der Waals surface area contributed by atoms with Crippen molar-refractivity contribution in [2.24, 2.45) is 0 Å². The highest BCUT2D eigenvalue weighted by molar-refractivity contribution is 5.83. The number of allylic oxidation sites excluding steroid dienone is 1. The quantitative estimate of drug-likeness (QED) is 0.561. The summed E-state index contributed by atoms with van der Waals surface area (Å²) < 4.78 is 10.4. The van der Waals surface area contributed by atoms with Crippen LogP contribution in [0.5, 0.6) is 0 Å². The molecule has 2 aromatic carbocycles. The third-order valence-electron chi connectivity index (χ3n) is 5.90. The molecule has 1 aliphatic rings. The predicted octanol–water partition coefficient (Wildman–Crippen LogP) is 4.69. The minimum atomic E-state index is -0.154. The van der Waals surface area contributed by atoms with Gasteiger partial charge >= 0.3 is 0 Å². The molecule has 0 spiro atoms. The topological polar surface area (TPSA) is 71.6 Å². The van der Waals surface area contributed by atoms with Gasteiger partial charge in [0.15, 0.2) is 0 Å². The summed E-state index contributed by atoms with van der Waals surface area (Å²) in [5.74, 6) is 0.775. The van der Waals surface area contributed by atoms with Crippen LogP contribution in [-0.4, -0.2) is 22.6 Å². The van der Waals surface area contributed by atoms with E-state index < -0.39 is 0 Å². The number of hydrogen-bond donors (Lipinski definition) is 1. The molecule has 1 amide bonds. The molecule has 1 aliphatic heterocycles. The molecule has 0 aliphatic carbocycles. The van der Waals surface area contributed by atoms with Crippen LogP contribution in [0.15, 0.2) is 65.3 Å². The lowest BCUT2D eigenvalue weighted by Crippen LogP contribution is -2.32. The molecule has 1 N–H and O–H groups in total. The molecule has 0 fully saturated rings. The number of ether oxygens (including phenoxy) is 2. The maximum Gasteiger partial charge on any atom is 0.253 e. The monoisotopic (exact) mass is 432 g/mol. The predicted molar refractivity (Wildman–Crippen MR) is 124 cm³/mol. The van der Waals surface area contributed by atoms with Crippen LogP contribution in [0.3, 0.4) is 0 Å². The molecule has 2 heterocycles. The van der Waals surface area contributed by atoms with Crippen LogP contribution in [0.2, 0.25) is 0 Å². The Bertz CT molecular complexity index is 1200. The Morgan fingerprint density at radius 2 is 1.91 bits per heavy atom. The van der Waals surface area contributed by atoms with Gasteiger partial charge in [-0.1, -0.05) is 42.5 Å². The van der Waals surface area contributed by atoms with Crippen molar-refractivity contribution in [3.63, 3.8) is 0 Å². The zero-order valence-electron chi connectivity index (χ0n) is 18.5. The Labute approximate surface area is 187 Å². The van der Waals surface area contributed by atoms with Gasteiger partial charge in [-0.15, -0.1) is 0 Å². The van der Waals surface area contributed by atoms with Crippen LogP contribution >= 0.6 is 0 Å². The van der Waals surface area contributed by atoms with E-state index in [1.54, 1.807) is 11.2 Å². The van der Waals surface area contributed by atoms with Gasteiger partial charge in [-0.2, -0.15) is 0 Å². The first-order valence-corrected chi connectivity index (χ1v) is 10.9. The average molecular weight is 433 g/mol. The van der Waals surface area contributed by atoms with Crippen molar-refractivity contribution in [1.82, 2.24) is 9.88 Å². The van der Waals surface area contributed by atoms with Gasteiger partial charge in [0.05, 0.1) is 12.1 Å². The van der Waals surface area contributed by atoms with Gasteiger partial charge in [0.25, 0.3) is 5.56 Å². The lowest BCUT2D eigenvalue weighted by molar-refractivity contribution is -0.132. The molecule has 6 nitrogen and oxygen atoms in total. The van der Waals surface area contributed by atoms with Crippen LogP contribution in [0.25, 0.3) is 10.9 Å². The lowest BCUT2D eigenvalue weighted by Gasteiger charge is -2.23. The van der Waals surface area contributed by atoms with Gasteiger partial charge in [0.1, 0.15) is 12.0 Å². The number of hydrogen-bond acceptors (Lipinski definition) is 4. The molecule has 4 rings (SSSR count). The second-order valence-electron chi connectivity index (χ2n) is 8.20. The molecule has 0 saturated carbocycles. The van der Waals surface area contributed by atoms with Crippen molar-refractivity contribution in [1.29, 1.82) is 0 Å². The largest absolute Gasteiger partial charge is 0.462 e. The highest BCUT2D eigenvalue weighted by Gasteiger charge is 2.18. The molecule has 1 aromatic heterocycles. The van der Waals surface area contributed by atoms with Crippen LogP contribution in [0, 0.1) is 13.8 Å². The molecule has 166 valence electrons. The van der Waals surface area contributed by atoms with E-state index >= 15 is 0 Å². The molecular weight excluding hydrogens is 404 g/mol. The van der Waals surface area contributed by atoms with E-state index in [0.29, 0.717) is 31.4 Å². The van der Waals surface area contributed by atoms with Crippen LogP contribution in [0.4, 0.5) is 0 Å². The molecule has 0 saturated heterocycles. The molecule has 32 heavy (non-hydrogen) atoms. The zero-order chi connectivity index (χ0) is 22.5. The summed E-state index contributed by atoms with van der Waals surface area (Å²) in [7, 11) is 0. The number of aromatic nitrogens is 1. The number of aromatic amines is 1. The van der Waals surface area contributed by atoms with E-state index in [1.807, 2.05) is 56.3 Å². The Hall–Kier alpha value is -3.54. The number of nitrogens with zero attached hydrogens (tertiary/aromatic N) is 1. The van der Waals surface area contributed by atoms with Gasteiger partial charge in [0, 0.05) is 24.9 Å². The number of benzene rings is 2. The van der Waals surface area contributed by atoms with Gasteiger partial charge in [-0.05, 0) is 48.4 Å². The SMILES string of the molecule is Cc1ccc2cc(CN(Cc3ccccc3)C(=O)CCCC3=COCO3)c(=O)[nH]c2c1C. The first-order valence-electron chi connectivity index (χ1n) is 10.9. The number of carbonyl (C=O) groups is 1. The molecule has 6 heteroatoms. The number of aryl methyl sites for hydroxylation is 2. The van der Waals surface area contributed by atoms with Crippen molar-refractivity contribution in [3.05, 3.63) is 93.2 Å². The van der Waals surface area contributed by atoms with Crippen molar-refractivity contribution in [3.8, 4) is 0 Å². The highest BCUT2D eigenvalue weighted by Crippen LogP contribution is 2.21. The lowest BCUT2D eigenvalue weighted by atomic mass is 10.0. The summed E-state index contributed by atoms with van der Waals surface area (Å²) in [4.78, 5) is 30.8. The zero-order valence-corrected chi connectivity index (χ0v) is 18.5. The second kappa shape index (κ2) is 9.73. The molecule has 3 aromatic rings. The van der Waals surface area contributed by atoms with Gasteiger partial charge < -0.3 is 19.4 Å². The fraction of sp³-hybridized carbons (Fsp3) is 0.308. The van der Waals surface area contributed by atoms with Crippen molar-refractivity contribution in [2.45, 2.75) is 46.2 Å². The van der Waals surface area contributed by atoms with E-state index in [0.717, 1.165) is 33.4 Å². The van der Waals surface area contributed by atoms with E-state index in [2.05, 4.69) is 11.1 Å². The summed E-state index contributed by atoms with van der Waals surface area (Å²) in [5.41, 5.74) is 4.51. The number of nitrogens with one attached hydrogen (secondary N) is 1. The number of fused-ring (bicyclic) bond motifs is 1. The standard InChI is InChI=1S/C26H28N2O4/c1-18-11-12-21-13-22(26(30)27-25(21)19(18)2)15-28(14-20-7-4-3-5-8-20)24(29)10-6-9-23-16-31-17-32-23/h3-5,7-8,11-13,16H,6,9-10,14-15,17H2,1-2H3,(H,27,30). The first-order chi connectivity index (χ1) is 15.5. The fourth-order valence-electron chi connectivity index (χ4n) is 3.90. The summed E-state index contributed by atoms with van der Waals surface area (Å²) in [6, 6.07) is 15.8. The maximum absolute atomic E-state index is 13.1. The summed E-state index contributed by atoms with van der Waals surface area (Å²) in [6.07, 6.45) is 3.29. The molecule has 0 atom stereocenters. The third kappa shape index (κ3) is 5.02. The minimum absolute atomic E-state index is 0.00736. The summed E-state index contributed by atoms with van der Waals surface area (Å²) in [5, 5.41) is 0.972. The molecule has 0 bridgehead atoms. The second-order valence-corrected chi connectivity index (χ2v) is 8.20. The van der Waals surface area contributed by atoms with Gasteiger partial charge in [0.2, 0.25) is 12.7 Å². The van der Waals surface area contributed by atoms with E-state index in [-0.39, 0.29) is 24.8 Å².